The molecule has 1 amide bonds. The molecule has 3 heterocycles. The molecule has 2 N–H and O–H groups in total. The SMILES string of the molecule is Cc1onc(-c2ccccc2)c1-c1c[nH]c(-c2ccc(C(=O)NCc3cccnc3)cc2)n1. The van der Waals surface area contributed by atoms with Crippen LogP contribution in [0.4, 0.5) is 0 Å². The zero-order valence-corrected chi connectivity index (χ0v) is 17.9. The molecule has 0 saturated heterocycles. The predicted molar refractivity (Wildman–Crippen MR) is 125 cm³/mol. The number of imidazole rings is 1. The summed E-state index contributed by atoms with van der Waals surface area (Å²) in [4.78, 5) is 24.5. The zero-order valence-electron chi connectivity index (χ0n) is 17.9. The molecule has 7 nitrogen and oxygen atoms in total. The number of aryl methyl sites for hydroxylation is 1. The summed E-state index contributed by atoms with van der Waals surface area (Å²) < 4.78 is 5.46. The van der Waals surface area contributed by atoms with E-state index in [2.05, 4.69) is 20.4 Å². The van der Waals surface area contributed by atoms with E-state index in [1.165, 1.54) is 0 Å². The number of rotatable bonds is 6. The summed E-state index contributed by atoms with van der Waals surface area (Å²) in [6, 6.07) is 21.0. The van der Waals surface area contributed by atoms with E-state index < -0.39 is 0 Å². The van der Waals surface area contributed by atoms with Gasteiger partial charge in [-0.1, -0.05) is 53.7 Å². The highest BCUT2D eigenvalue weighted by molar-refractivity contribution is 5.94. The van der Waals surface area contributed by atoms with Crippen molar-refractivity contribution in [2.75, 3.05) is 0 Å². The van der Waals surface area contributed by atoms with Gasteiger partial charge >= 0.3 is 0 Å². The zero-order chi connectivity index (χ0) is 22.6. The molecule has 0 bridgehead atoms. The number of hydrogen-bond acceptors (Lipinski definition) is 5. The lowest BCUT2D eigenvalue weighted by atomic mass is 10.0. The van der Waals surface area contributed by atoms with Crippen LogP contribution in [-0.4, -0.2) is 26.0 Å². The Morgan fingerprint density at radius 2 is 1.82 bits per heavy atom. The van der Waals surface area contributed by atoms with Crippen molar-refractivity contribution in [3.8, 4) is 33.9 Å². The second-order valence-electron chi connectivity index (χ2n) is 7.58. The first-order valence-corrected chi connectivity index (χ1v) is 10.5. The molecular weight excluding hydrogens is 414 g/mol. The molecule has 2 aromatic carbocycles. The number of hydrogen-bond donors (Lipinski definition) is 2. The maximum atomic E-state index is 12.5. The fourth-order valence-corrected chi connectivity index (χ4v) is 3.63. The second kappa shape index (κ2) is 8.92. The van der Waals surface area contributed by atoms with Crippen molar-refractivity contribution < 1.29 is 9.32 Å². The van der Waals surface area contributed by atoms with Gasteiger partial charge in [0, 0.05) is 41.8 Å². The molecule has 3 aromatic heterocycles. The molecule has 0 aliphatic rings. The lowest BCUT2D eigenvalue weighted by Crippen LogP contribution is -2.22. The summed E-state index contributed by atoms with van der Waals surface area (Å²) in [5.74, 6) is 1.26. The van der Waals surface area contributed by atoms with Gasteiger partial charge < -0.3 is 14.8 Å². The standard InChI is InChI=1S/C26H21N5O2/c1-17-23(24(31-33-17)19-7-3-2-4-8-19)22-16-28-25(30-22)20-9-11-21(12-10-20)26(32)29-15-18-6-5-13-27-14-18/h2-14,16H,15H2,1H3,(H,28,30)(H,29,32). The van der Waals surface area contributed by atoms with Gasteiger partial charge in [0.1, 0.15) is 17.3 Å². The van der Waals surface area contributed by atoms with Crippen molar-refractivity contribution in [3.63, 3.8) is 0 Å². The largest absolute Gasteiger partial charge is 0.360 e. The fraction of sp³-hybridized carbons (Fsp3) is 0.0769. The number of pyridine rings is 1. The minimum atomic E-state index is -0.141. The Kier molecular flexibility index (Phi) is 5.51. The molecule has 33 heavy (non-hydrogen) atoms. The number of benzene rings is 2. The van der Waals surface area contributed by atoms with Crippen LogP contribution < -0.4 is 5.32 Å². The Morgan fingerprint density at radius 3 is 2.58 bits per heavy atom. The molecule has 162 valence electrons. The Hall–Kier alpha value is -4.52. The van der Waals surface area contributed by atoms with Crippen molar-refractivity contribution in [1.82, 2.24) is 25.4 Å². The highest BCUT2D eigenvalue weighted by Gasteiger charge is 2.19. The van der Waals surface area contributed by atoms with Crippen molar-refractivity contribution in [3.05, 3.63) is 102 Å². The second-order valence-corrected chi connectivity index (χ2v) is 7.58. The van der Waals surface area contributed by atoms with E-state index in [0.717, 1.165) is 33.6 Å². The van der Waals surface area contributed by atoms with Crippen molar-refractivity contribution in [2.24, 2.45) is 0 Å². The third-order valence-electron chi connectivity index (χ3n) is 5.34. The highest BCUT2D eigenvalue weighted by atomic mass is 16.5. The number of amides is 1. The number of carbonyl (C=O) groups is 1. The first-order chi connectivity index (χ1) is 16.2. The van der Waals surface area contributed by atoms with Gasteiger partial charge in [-0.3, -0.25) is 9.78 Å². The number of nitrogens with one attached hydrogen (secondary N) is 2. The van der Waals surface area contributed by atoms with Gasteiger partial charge in [0.15, 0.2) is 0 Å². The van der Waals surface area contributed by atoms with Gasteiger partial charge in [-0.15, -0.1) is 0 Å². The topological polar surface area (TPSA) is 96.7 Å². The van der Waals surface area contributed by atoms with Gasteiger partial charge in [0.2, 0.25) is 0 Å². The van der Waals surface area contributed by atoms with E-state index in [-0.39, 0.29) is 5.91 Å². The molecule has 0 aliphatic heterocycles. The summed E-state index contributed by atoms with van der Waals surface area (Å²) in [5, 5.41) is 7.14. The predicted octanol–water partition coefficient (Wildman–Crippen LogP) is 5.03. The molecule has 5 rings (SSSR count). The fourth-order valence-electron chi connectivity index (χ4n) is 3.63. The molecule has 0 spiro atoms. The molecule has 0 radical (unpaired) electrons. The molecule has 0 atom stereocenters. The minimum Gasteiger partial charge on any atom is -0.360 e. The van der Waals surface area contributed by atoms with E-state index in [1.807, 2.05) is 67.7 Å². The lowest BCUT2D eigenvalue weighted by Gasteiger charge is -2.05. The van der Waals surface area contributed by atoms with Crippen molar-refractivity contribution in [1.29, 1.82) is 0 Å². The Labute approximate surface area is 190 Å². The Bertz CT molecular complexity index is 1370. The molecule has 0 fully saturated rings. The minimum absolute atomic E-state index is 0.141. The van der Waals surface area contributed by atoms with Gasteiger partial charge in [-0.25, -0.2) is 4.98 Å². The molecule has 5 aromatic rings. The van der Waals surface area contributed by atoms with E-state index >= 15 is 0 Å². The summed E-state index contributed by atoms with van der Waals surface area (Å²) in [6.07, 6.45) is 5.28. The normalized spacial score (nSPS) is 10.8. The third kappa shape index (κ3) is 4.29. The number of aromatic amines is 1. The maximum absolute atomic E-state index is 12.5. The lowest BCUT2D eigenvalue weighted by molar-refractivity contribution is 0.0951. The summed E-state index contributed by atoms with van der Waals surface area (Å²) in [6.45, 7) is 2.31. The van der Waals surface area contributed by atoms with Gasteiger partial charge in [0.25, 0.3) is 5.91 Å². The number of carbonyl (C=O) groups excluding carboxylic acids is 1. The van der Waals surface area contributed by atoms with Crippen LogP contribution in [0, 0.1) is 6.92 Å². The first kappa shape index (κ1) is 20.4. The van der Waals surface area contributed by atoms with Crippen molar-refractivity contribution >= 4 is 5.91 Å². The first-order valence-electron chi connectivity index (χ1n) is 10.5. The van der Waals surface area contributed by atoms with Gasteiger partial charge in [-0.05, 0) is 30.7 Å². The van der Waals surface area contributed by atoms with E-state index in [4.69, 9.17) is 9.51 Å². The van der Waals surface area contributed by atoms with E-state index in [1.54, 1.807) is 24.5 Å². The van der Waals surface area contributed by atoms with E-state index in [0.29, 0.717) is 23.7 Å². The van der Waals surface area contributed by atoms with Crippen LogP contribution in [0.2, 0.25) is 0 Å². The van der Waals surface area contributed by atoms with Crippen LogP contribution >= 0.6 is 0 Å². The smallest absolute Gasteiger partial charge is 0.251 e. The van der Waals surface area contributed by atoms with Gasteiger partial charge in [-0.2, -0.15) is 0 Å². The molecule has 7 heteroatoms. The average Bonchev–Trinajstić information content (AvgIpc) is 3.50. The van der Waals surface area contributed by atoms with Crippen LogP contribution in [0.15, 0.2) is 89.8 Å². The van der Waals surface area contributed by atoms with Crippen molar-refractivity contribution in [2.45, 2.75) is 13.5 Å². The van der Waals surface area contributed by atoms with Gasteiger partial charge in [0.05, 0.1) is 11.3 Å². The van der Waals surface area contributed by atoms with Crippen LogP contribution in [0.5, 0.6) is 0 Å². The highest BCUT2D eigenvalue weighted by Crippen LogP contribution is 2.34. The average molecular weight is 435 g/mol. The molecule has 0 unspecified atom stereocenters. The number of nitrogens with zero attached hydrogens (tertiary/aromatic N) is 3. The molecule has 0 aliphatic carbocycles. The summed E-state index contributed by atoms with van der Waals surface area (Å²) in [7, 11) is 0. The van der Waals surface area contributed by atoms with E-state index in [9.17, 15) is 4.79 Å². The Morgan fingerprint density at radius 1 is 1.00 bits per heavy atom. The van der Waals surface area contributed by atoms with Crippen LogP contribution in [0.25, 0.3) is 33.9 Å². The summed E-state index contributed by atoms with van der Waals surface area (Å²) >= 11 is 0. The number of H-pyrrole nitrogens is 1. The van der Waals surface area contributed by atoms with Crippen LogP contribution in [-0.2, 0) is 6.54 Å². The maximum Gasteiger partial charge on any atom is 0.251 e. The third-order valence-corrected chi connectivity index (χ3v) is 5.34. The quantitative estimate of drug-likeness (QED) is 0.390. The number of aromatic nitrogens is 4. The summed E-state index contributed by atoms with van der Waals surface area (Å²) in [5.41, 5.74) is 5.74. The van der Waals surface area contributed by atoms with Crippen LogP contribution in [0.1, 0.15) is 21.7 Å². The Balaban J connectivity index is 1.34. The molecular formula is C26H21N5O2. The monoisotopic (exact) mass is 435 g/mol. The molecule has 0 saturated carbocycles. The van der Waals surface area contributed by atoms with Crippen LogP contribution in [0.3, 0.4) is 0 Å².